The molecule has 2 atom stereocenters. The highest BCUT2D eigenvalue weighted by Gasteiger charge is 2.22. The lowest BCUT2D eigenvalue weighted by molar-refractivity contribution is 0.0137. The zero-order valence-electron chi connectivity index (χ0n) is 11.7. The Kier molecular flexibility index (Phi) is 5.18. The van der Waals surface area contributed by atoms with E-state index < -0.39 is 0 Å². The second-order valence-corrected chi connectivity index (χ2v) is 6.01. The summed E-state index contributed by atoms with van der Waals surface area (Å²) in [6.45, 7) is 4.48. The second kappa shape index (κ2) is 6.89. The summed E-state index contributed by atoms with van der Waals surface area (Å²) in [5, 5.41) is 11.8. The van der Waals surface area contributed by atoms with Gasteiger partial charge in [-0.15, -0.1) is 11.3 Å². The van der Waals surface area contributed by atoms with Crippen LogP contribution < -0.4 is 5.32 Å². The molecule has 108 valence electrons. The fourth-order valence-corrected chi connectivity index (χ4v) is 3.17. The van der Waals surface area contributed by atoms with Gasteiger partial charge in [0.05, 0.1) is 15.9 Å². The van der Waals surface area contributed by atoms with E-state index in [1.54, 1.807) is 0 Å². The first-order chi connectivity index (χ1) is 9.60. The first kappa shape index (κ1) is 15.0. The molecule has 0 aromatic carbocycles. The molecule has 1 aliphatic heterocycles. The van der Waals surface area contributed by atoms with E-state index in [1.165, 1.54) is 11.3 Å². The fourth-order valence-electron chi connectivity index (χ4n) is 2.22. The molecule has 2 heterocycles. The summed E-state index contributed by atoms with van der Waals surface area (Å²) in [6, 6.07) is 2.03. The van der Waals surface area contributed by atoms with E-state index in [1.807, 2.05) is 19.9 Å². The monoisotopic (exact) mass is 293 g/mol. The Morgan fingerprint density at radius 2 is 2.45 bits per heavy atom. The number of aryl methyl sites for hydroxylation is 1. The maximum Gasteiger partial charge on any atom is 0.261 e. The first-order valence-electron chi connectivity index (χ1n) is 6.72. The van der Waals surface area contributed by atoms with Crippen LogP contribution in [0.3, 0.4) is 0 Å². The number of carbonyl (C=O) groups is 1. The van der Waals surface area contributed by atoms with Crippen molar-refractivity contribution < 1.29 is 14.6 Å². The van der Waals surface area contributed by atoms with E-state index in [2.05, 4.69) is 17.2 Å². The van der Waals surface area contributed by atoms with Gasteiger partial charge in [-0.05, 0) is 38.3 Å². The molecular formula is C15H19NO3S. The van der Waals surface area contributed by atoms with Crippen LogP contribution >= 0.6 is 11.3 Å². The average Bonchev–Trinajstić information content (AvgIpc) is 2.78. The summed E-state index contributed by atoms with van der Waals surface area (Å²) in [5.74, 6) is 5.43. The summed E-state index contributed by atoms with van der Waals surface area (Å²) >= 11 is 1.37. The van der Waals surface area contributed by atoms with Crippen molar-refractivity contribution in [2.45, 2.75) is 38.8 Å². The molecule has 1 aliphatic rings. The summed E-state index contributed by atoms with van der Waals surface area (Å²) < 4.78 is 5.47. The van der Waals surface area contributed by atoms with Crippen molar-refractivity contribution in [1.82, 2.24) is 5.32 Å². The van der Waals surface area contributed by atoms with E-state index in [0.29, 0.717) is 11.5 Å². The number of nitrogens with one attached hydrogen (secondary N) is 1. The molecule has 5 heteroatoms. The van der Waals surface area contributed by atoms with E-state index in [-0.39, 0.29) is 24.7 Å². The summed E-state index contributed by atoms with van der Waals surface area (Å²) in [7, 11) is 0. The van der Waals surface area contributed by atoms with Crippen LogP contribution in [0.15, 0.2) is 6.07 Å². The van der Waals surface area contributed by atoms with Gasteiger partial charge >= 0.3 is 0 Å². The molecule has 2 rings (SSSR count). The third-order valence-corrected chi connectivity index (χ3v) is 4.39. The topological polar surface area (TPSA) is 58.6 Å². The van der Waals surface area contributed by atoms with Gasteiger partial charge in [0.1, 0.15) is 6.61 Å². The van der Waals surface area contributed by atoms with Gasteiger partial charge in [0, 0.05) is 12.6 Å². The Labute approximate surface area is 123 Å². The van der Waals surface area contributed by atoms with Crippen molar-refractivity contribution in [3.63, 3.8) is 0 Å². The van der Waals surface area contributed by atoms with Crippen molar-refractivity contribution in [1.29, 1.82) is 0 Å². The van der Waals surface area contributed by atoms with Gasteiger partial charge in [-0.2, -0.15) is 0 Å². The normalized spacial score (nSPS) is 21.9. The molecule has 1 saturated heterocycles. The molecule has 0 spiro atoms. The van der Waals surface area contributed by atoms with Crippen LogP contribution in [0, 0.1) is 18.8 Å². The Morgan fingerprint density at radius 1 is 1.65 bits per heavy atom. The Bertz CT molecular complexity index is 541. The molecule has 2 N–H and O–H groups in total. The first-order valence-corrected chi connectivity index (χ1v) is 7.54. The molecule has 1 aromatic rings. The molecule has 4 nitrogen and oxygen atoms in total. The molecular weight excluding hydrogens is 274 g/mol. The maximum absolute atomic E-state index is 12.2. The number of aliphatic hydroxyl groups excluding tert-OH is 1. The molecule has 1 fully saturated rings. The number of carbonyl (C=O) groups excluding carboxylic acids is 1. The Hall–Kier alpha value is -1.35. The highest BCUT2D eigenvalue weighted by Crippen LogP contribution is 2.22. The van der Waals surface area contributed by atoms with Gasteiger partial charge in [0.2, 0.25) is 0 Å². The van der Waals surface area contributed by atoms with Crippen molar-refractivity contribution >= 4 is 17.2 Å². The number of thiophene rings is 1. The number of aliphatic hydroxyl groups is 1. The summed E-state index contributed by atoms with van der Waals surface area (Å²) in [5.41, 5.74) is 0.974. The third kappa shape index (κ3) is 3.83. The number of rotatable bonds is 2. The van der Waals surface area contributed by atoms with Gasteiger partial charge < -0.3 is 15.2 Å². The molecule has 2 unspecified atom stereocenters. The minimum absolute atomic E-state index is 0.0470. The minimum Gasteiger partial charge on any atom is -0.384 e. The molecule has 0 aliphatic carbocycles. The van der Waals surface area contributed by atoms with Crippen molar-refractivity contribution in [3.05, 3.63) is 21.4 Å². The predicted octanol–water partition coefficient (Wildman–Crippen LogP) is 1.70. The van der Waals surface area contributed by atoms with Gasteiger partial charge in [-0.3, -0.25) is 4.79 Å². The third-order valence-electron chi connectivity index (χ3n) is 3.24. The van der Waals surface area contributed by atoms with E-state index in [4.69, 9.17) is 9.84 Å². The van der Waals surface area contributed by atoms with Gasteiger partial charge in [-0.1, -0.05) is 11.8 Å². The predicted molar refractivity (Wildman–Crippen MR) is 78.9 cm³/mol. The SMILES string of the molecule is Cc1cc(C(=O)NC2CCOC(C)C2)sc1C#CCO. The highest BCUT2D eigenvalue weighted by molar-refractivity contribution is 7.14. The van der Waals surface area contributed by atoms with Crippen LogP contribution in [0.4, 0.5) is 0 Å². The summed E-state index contributed by atoms with van der Waals surface area (Å²) in [6.07, 6.45) is 1.91. The van der Waals surface area contributed by atoms with Crippen LogP contribution in [0.2, 0.25) is 0 Å². The molecule has 1 amide bonds. The van der Waals surface area contributed by atoms with Crippen LogP contribution in [-0.2, 0) is 4.74 Å². The van der Waals surface area contributed by atoms with E-state index in [9.17, 15) is 4.79 Å². The average molecular weight is 293 g/mol. The lowest BCUT2D eigenvalue weighted by Gasteiger charge is -2.27. The Morgan fingerprint density at radius 3 is 3.15 bits per heavy atom. The quantitative estimate of drug-likeness (QED) is 0.816. The van der Waals surface area contributed by atoms with Crippen molar-refractivity contribution in [2.75, 3.05) is 13.2 Å². The zero-order chi connectivity index (χ0) is 14.5. The van der Waals surface area contributed by atoms with Crippen LogP contribution in [0.25, 0.3) is 0 Å². The van der Waals surface area contributed by atoms with E-state index >= 15 is 0 Å². The molecule has 1 aromatic heterocycles. The molecule has 0 bridgehead atoms. The molecule has 0 radical (unpaired) electrons. The van der Waals surface area contributed by atoms with Crippen LogP contribution in [0.5, 0.6) is 0 Å². The largest absolute Gasteiger partial charge is 0.384 e. The van der Waals surface area contributed by atoms with Crippen LogP contribution in [-0.4, -0.2) is 36.4 Å². The summed E-state index contributed by atoms with van der Waals surface area (Å²) in [4.78, 5) is 13.7. The maximum atomic E-state index is 12.2. The second-order valence-electron chi connectivity index (χ2n) is 4.96. The number of hydrogen-bond donors (Lipinski definition) is 2. The van der Waals surface area contributed by atoms with Gasteiger partial charge in [-0.25, -0.2) is 0 Å². The zero-order valence-corrected chi connectivity index (χ0v) is 12.5. The van der Waals surface area contributed by atoms with E-state index in [0.717, 1.165) is 23.3 Å². The highest BCUT2D eigenvalue weighted by atomic mass is 32.1. The van der Waals surface area contributed by atoms with Gasteiger partial charge in [0.25, 0.3) is 5.91 Å². The van der Waals surface area contributed by atoms with Crippen molar-refractivity contribution in [3.8, 4) is 11.8 Å². The van der Waals surface area contributed by atoms with Crippen molar-refractivity contribution in [2.24, 2.45) is 0 Å². The lowest BCUT2D eigenvalue weighted by atomic mass is 10.0. The number of ether oxygens (including phenoxy) is 1. The number of hydrogen-bond acceptors (Lipinski definition) is 4. The fraction of sp³-hybridized carbons (Fsp3) is 0.533. The number of amides is 1. The smallest absolute Gasteiger partial charge is 0.261 e. The van der Waals surface area contributed by atoms with Gasteiger partial charge in [0.15, 0.2) is 0 Å². The molecule has 0 saturated carbocycles. The Balaban J connectivity index is 2.02. The van der Waals surface area contributed by atoms with Crippen LogP contribution in [0.1, 0.15) is 39.9 Å². The minimum atomic E-state index is -0.168. The lowest BCUT2D eigenvalue weighted by Crippen LogP contribution is -2.41. The molecule has 20 heavy (non-hydrogen) atoms. The standard InChI is InChI=1S/C15H19NO3S/c1-10-8-14(20-13(10)4-3-6-17)15(18)16-12-5-7-19-11(2)9-12/h8,11-12,17H,5-7,9H2,1-2H3,(H,16,18).